The molecule has 0 fully saturated rings. The number of hydrogen-bond acceptors (Lipinski definition) is 3. The van der Waals surface area contributed by atoms with Crippen LogP contribution in [0.25, 0.3) is 0 Å². The third-order valence-corrected chi connectivity index (χ3v) is 4.15. The van der Waals surface area contributed by atoms with Gasteiger partial charge in [-0.3, -0.25) is 19.3 Å². The molecule has 0 aliphatic rings. The molecule has 0 saturated heterocycles. The molecule has 29 heavy (non-hydrogen) atoms. The molecule has 0 spiro atoms. The fraction of sp³-hybridized carbons (Fsp3) is 0.0870. The second-order valence-electron chi connectivity index (χ2n) is 6.43. The van der Waals surface area contributed by atoms with Crippen molar-refractivity contribution in [2.45, 2.75) is 13.5 Å². The number of benzene rings is 3. The Bertz CT molecular complexity index is 987. The highest BCUT2D eigenvalue weighted by Crippen LogP contribution is 2.19. The summed E-state index contributed by atoms with van der Waals surface area (Å²) in [6.07, 6.45) is 0. The number of anilines is 3. The standard InChI is InChI=1S/C23H21N3O3/c1-17(27)24-19-12-14-20(15-13-19)25-22(28)23(29)26(21-10-6-3-7-11-21)16-18-8-4-2-5-9-18/h2-15H,16H2,1H3,(H,24,27)(H,25,28). The van der Waals surface area contributed by atoms with Crippen LogP contribution in [-0.4, -0.2) is 17.7 Å². The summed E-state index contributed by atoms with van der Waals surface area (Å²) in [4.78, 5) is 38.1. The molecule has 0 radical (unpaired) electrons. The minimum Gasteiger partial charge on any atom is -0.326 e. The predicted octanol–water partition coefficient (Wildman–Crippen LogP) is 3.82. The monoisotopic (exact) mass is 387 g/mol. The quantitative estimate of drug-likeness (QED) is 0.654. The Morgan fingerprint density at radius 2 is 1.24 bits per heavy atom. The van der Waals surface area contributed by atoms with E-state index in [1.807, 2.05) is 48.5 Å². The maximum atomic E-state index is 12.9. The molecular formula is C23H21N3O3. The second kappa shape index (κ2) is 9.32. The molecule has 0 bridgehead atoms. The van der Waals surface area contributed by atoms with Gasteiger partial charge in [0.2, 0.25) is 5.91 Å². The van der Waals surface area contributed by atoms with Crippen molar-refractivity contribution in [3.63, 3.8) is 0 Å². The molecule has 3 amide bonds. The van der Waals surface area contributed by atoms with Crippen LogP contribution in [0, 0.1) is 0 Å². The molecule has 0 heterocycles. The van der Waals surface area contributed by atoms with E-state index in [1.165, 1.54) is 11.8 Å². The van der Waals surface area contributed by atoms with Crippen LogP contribution < -0.4 is 15.5 Å². The molecule has 0 unspecified atom stereocenters. The lowest BCUT2D eigenvalue weighted by Gasteiger charge is -2.22. The molecular weight excluding hydrogens is 366 g/mol. The molecule has 3 aromatic carbocycles. The summed E-state index contributed by atoms with van der Waals surface area (Å²) >= 11 is 0. The van der Waals surface area contributed by atoms with Gasteiger partial charge >= 0.3 is 11.8 Å². The maximum Gasteiger partial charge on any atom is 0.316 e. The van der Waals surface area contributed by atoms with Crippen LogP contribution >= 0.6 is 0 Å². The van der Waals surface area contributed by atoms with Gasteiger partial charge in [0.25, 0.3) is 0 Å². The van der Waals surface area contributed by atoms with Gasteiger partial charge in [-0.2, -0.15) is 0 Å². The first-order chi connectivity index (χ1) is 14.0. The minimum atomic E-state index is -0.739. The van der Waals surface area contributed by atoms with Crippen molar-refractivity contribution in [1.82, 2.24) is 0 Å². The summed E-state index contributed by atoms with van der Waals surface area (Å²) in [6, 6.07) is 25.1. The van der Waals surface area contributed by atoms with E-state index in [4.69, 9.17) is 0 Å². The van der Waals surface area contributed by atoms with E-state index in [9.17, 15) is 14.4 Å². The van der Waals surface area contributed by atoms with Crippen molar-refractivity contribution in [3.8, 4) is 0 Å². The largest absolute Gasteiger partial charge is 0.326 e. The van der Waals surface area contributed by atoms with Crippen molar-refractivity contribution in [3.05, 3.63) is 90.5 Å². The molecule has 0 aliphatic carbocycles. The second-order valence-corrected chi connectivity index (χ2v) is 6.43. The Morgan fingerprint density at radius 1 is 0.724 bits per heavy atom. The lowest BCUT2D eigenvalue weighted by atomic mass is 10.2. The first kappa shape index (κ1) is 19.8. The van der Waals surface area contributed by atoms with Crippen molar-refractivity contribution < 1.29 is 14.4 Å². The van der Waals surface area contributed by atoms with Gasteiger partial charge < -0.3 is 10.6 Å². The number of carbonyl (C=O) groups excluding carboxylic acids is 3. The summed E-state index contributed by atoms with van der Waals surface area (Å²) in [5, 5.41) is 5.26. The number of hydrogen-bond donors (Lipinski definition) is 2. The third-order valence-electron chi connectivity index (χ3n) is 4.15. The van der Waals surface area contributed by atoms with Crippen molar-refractivity contribution in [2.75, 3.05) is 15.5 Å². The average Bonchev–Trinajstić information content (AvgIpc) is 2.74. The molecule has 6 nitrogen and oxygen atoms in total. The van der Waals surface area contributed by atoms with E-state index < -0.39 is 11.8 Å². The molecule has 0 atom stereocenters. The number of para-hydroxylation sites is 1. The minimum absolute atomic E-state index is 0.184. The van der Waals surface area contributed by atoms with Crippen LogP contribution in [0.1, 0.15) is 12.5 Å². The predicted molar refractivity (Wildman–Crippen MR) is 113 cm³/mol. The van der Waals surface area contributed by atoms with E-state index in [-0.39, 0.29) is 12.5 Å². The highest BCUT2D eigenvalue weighted by atomic mass is 16.2. The smallest absolute Gasteiger partial charge is 0.316 e. The molecule has 3 rings (SSSR count). The fourth-order valence-corrected chi connectivity index (χ4v) is 2.80. The summed E-state index contributed by atoms with van der Waals surface area (Å²) in [5.41, 5.74) is 2.62. The van der Waals surface area contributed by atoms with E-state index in [0.29, 0.717) is 17.1 Å². The van der Waals surface area contributed by atoms with Gasteiger partial charge in [0.1, 0.15) is 0 Å². The van der Waals surface area contributed by atoms with E-state index in [1.54, 1.807) is 36.4 Å². The molecule has 3 aromatic rings. The van der Waals surface area contributed by atoms with Crippen molar-refractivity contribution >= 4 is 34.8 Å². The van der Waals surface area contributed by atoms with Crippen LogP contribution in [0.4, 0.5) is 17.1 Å². The van der Waals surface area contributed by atoms with Crippen LogP contribution in [0.15, 0.2) is 84.9 Å². The third kappa shape index (κ3) is 5.52. The first-order valence-electron chi connectivity index (χ1n) is 9.12. The zero-order chi connectivity index (χ0) is 20.6. The Kier molecular flexibility index (Phi) is 6.37. The van der Waals surface area contributed by atoms with Gasteiger partial charge in [0.15, 0.2) is 0 Å². The van der Waals surface area contributed by atoms with Gasteiger partial charge in [-0.15, -0.1) is 0 Å². The lowest BCUT2D eigenvalue weighted by molar-refractivity contribution is -0.134. The van der Waals surface area contributed by atoms with Crippen LogP contribution in [0.3, 0.4) is 0 Å². The average molecular weight is 387 g/mol. The molecule has 0 aromatic heterocycles. The number of amides is 3. The molecule has 146 valence electrons. The summed E-state index contributed by atoms with van der Waals surface area (Å²) < 4.78 is 0. The van der Waals surface area contributed by atoms with E-state index in [0.717, 1.165) is 5.56 Å². The Morgan fingerprint density at radius 3 is 1.79 bits per heavy atom. The number of carbonyl (C=O) groups is 3. The summed E-state index contributed by atoms with van der Waals surface area (Å²) in [7, 11) is 0. The Balaban J connectivity index is 1.76. The van der Waals surface area contributed by atoms with Gasteiger partial charge in [-0.05, 0) is 42.0 Å². The molecule has 0 aliphatic heterocycles. The molecule has 6 heteroatoms. The van der Waals surface area contributed by atoms with Crippen molar-refractivity contribution in [2.24, 2.45) is 0 Å². The number of nitrogens with zero attached hydrogens (tertiary/aromatic N) is 1. The van der Waals surface area contributed by atoms with E-state index >= 15 is 0 Å². The van der Waals surface area contributed by atoms with Gasteiger partial charge in [-0.1, -0.05) is 48.5 Å². The number of nitrogens with one attached hydrogen (secondary N) is 2. The zero-order valence-electron chi connectivity index (χ0n) is 16.0. The normalized spacial score (nSPS) is 10.1. The van der Waals surface area contributed by atoms with Crippen LogP contribution in [-0.2, 0) is 20.9 Å². The van der Waals surface area contributed by atoms with Gasteiger partial charge in [0.05, 0.1) is 6.54 Å². The number of rotatable bonds is 5. The molecule has 2 N–H and O–H groups in total. The van der Waals surface area contributed by atoms with Gasteiger partial charge in [-0.25, -0.2) is 0 Å². The topological polar surface area (TPSA) is 78.5 Å². The summed E-state index contributed by atoms with van der Waals surface area (Å²) in [6.45, 7) is 1.69. The first-order valence-corrected chi connectivity index (χ1v) is 9.12. The zero-order valence-corrected chi connectivity index (χ0v) is 16.0. The SMILES string of the molecule is CC(=O)Nc1ccc(NC(=O)C(=O)N(Cc2ccccc2)c2ccccc2)cc1. The van der Waals surface area contributed by atoms with E-state index in [2.05, 4.69) is 10.6 Å². The van der Waals surface area contributed by atoms with Crippen LogP contribution in [0.2, 0.25) is 0 Å². The highest BCUT2D eigenvalue weighted by Gasteiger charge is 2.23. The maximum absolute atomic E-state index is 12.9. The highest BCUT2D eigenvalue weighted by molar-refractivity contribution is 6.44. The fourth-order valence-electron chi connectivity index (χ4n) is 2.80. The molecule has 0 saturated carbocycles. The van der Waals surface area contributed by atoms with Crippen LogP contribution in [0.5, 0.6) is 0 Å². The Labute approximate surface area is 169 Å². The Hall–Kier alpha value is -3.93. The summed E-state index contributed by atoms with van der Waals surface area (Å²) in [5.74, 6) is -1.58. The lowest BCUT2D eigenvalue weighted by Crippen LogP contribution is -2.39. The van der Waals surface area contributed by atoms with Crippen molar-refractivity contribution in [1.29, 1.82) is 0 Å². The van der Waals surface area contributed by atoms with Gasteiger partial charge in [0, 0.05) is 24.0 Å².